The van der Waals surface area contributed by atoms with Gasteiger partial charge in [-0.1, -0.05) is 24.3 Å². The molecule has 1 heterocycles. The Morgan fingerprint density at radius 1 is 1.21 bits per heavy atom. The molecule has 0 spiro atoms. The van der Waals surface area contributed by atoms with E-state index in [-0.39, 0.29) is 5.82 Å². The molecule has 1 aliphatic carbocycles. The van der Waals surface area contributed by atoms with Gasteiger partial charge < -0.3 is 4.74 Å². The van der Waals surface area contributed by atoms with E-state index in [1.54, 1.807) is 16.8 Å². The predicted molar refractivity (Wildman–Crippen MR) is 114 cm³/mol. The van der Waals surface area contributed by atoms with Crippen molar-refractivity contribution in [3.63, 3.8) is 0 Å². The summed E-state index contributed by atoms with van der Waals surface area (Å²) in [5.74, 6) is 1.20. The zero-order chi connectivity index (χ0) is 20.4. The Kier molecular flexibility index (Phi) is 5.78. The van der Waals surface area contributed by atoms with E-state index in [4.69, 9.17) is 17.0 Å². The number of aryl methyl sites for hydroxylation is 1. The molecule has 1 saturated carbocycles. The number of ether oxygens (including phenoxy) is 1. The molecule has 3 aromatic rings. The van der Waals surface area contributed by atoms with Gasteiger partial charge in [0.2, 0.25) is 0 Å². The first kappa shape index (κ1) is 19.8. The summed E-state index contributed by atoms with van der Waals surface area (Å²) in [5, 5.41) is 4.67. The zero-order valence-corrected chi connectivity index (χ0v) is 17.5. The molecule has 0 saturated heterocycles. The number of hydrogen-bond acceptors (Lipinski definition) is 4. The van der Waals surface area contributed by atoms with Crippen LogP contribution in [0.4, 0.5) is 4.39 Å². The SMILES string of the molecule is Cc1cccc(OCCN(C)Cn2nc(-c3ccccc3F)n(C3CC3)c2=S)c1. The number of hydrogen-bond donors (Lipinski definition) is 0. The van der Waals surface area contributed by atoms with Gasteiger partial charge in [-0.3, -0.25) is 9.47 Å². The Hall–Kier alpha value is -2.51. The summed E-state index contributed by atoms with van der Waals surface area (Å²) in [6, 6.07) is 15.1. The number of halogens is 1. The monoisotopic (exact) mass is 412 g/mol. The molecule has 0 bridgehead atoms. The number of likely N-dealkylation sites (N-methyl/N-ethyl adjacent to an activating group) is 1. The highest BCUT2D eigenvalue weighted by Gasteiger charge is 2.30. The minimum Gasteiger partial charge on any atom is -0.492 e. The van der Waals surface area contributed by atoms with E-state index in [1.165, 1.54) is 11.6 Å². The van der Waals surface area contributed by atoms with Crippen molar-refractivity contribution in [2.24, 2.45) is 0 Å². The van der Waals surface area contributed by atoms with Crippen molar-refractivity contribution in [1.82, 2.24) is 19.2 Å². The van der Waals surface area contributed by atoms with Crippen molar-refractivity contribution in [2.45, 2.75) is 32.5 Å². The quantitative estimate of drug-likeness (QED) is 0.497. The Balaban J connectivity index is 1.46. The van der Waals surface area contributed by atoms with Crippen LogP contribution in [0, 0.1) is 17.5 Å². The van der Waals surface area contributed by atoms with Crippen molar-refractivity contribution in [3.05, 3.63) is 64.7 Å². The second-order valence-electron chi connectivity index (χ2n) is 7.57. The van der Waals surface area contributed by atoms with Crippen LogP contribution < -0.4 is 4.74 Å². The highest BCUT2D eigenvalue weighted by Crippen LogP contribution is 2.39. The van der Waals surface area contributed by atoms with Gasteiger partial charge in [0.15, 0.2) is 10.6 Å². The molecule has 0 unspecified atom stereocenters. The highest BCUT2D eigenvalue weighted by molar-refractivity contribution is 7.71. The van der Waals surface area contributed by atoms with E-state index in [0.29, 0.717) is 35.5 Å². The number of nitrogens with zero attached hydrogens (tertiary/aromatic N) is 4. The third-order valence-electron chi connectivity index (χ3n) is 5.00. The van der Waals surface area contributed by atoms with E-state index < -0.39 is 0 Å². The van der Waals surface area contributed by atoms with Crippen LogP contribution in [0.15, 0.2) is 48.5 Å². The largest absolute Gasteiger partial charge is 0.492 e. The van der Waals surface area contributed by atoms with Gasteiger partial charge in [-0.15, -0.1) is 0 Å². The van der Waals surface area contributed by atoms with Crippen LogP contribution >= 0.6 is 12.2 Å². The van der Waals surface area contributed by atoms with Gasteiger partial charge >= 0.3 is 0 Å². The van der Waals surface area contributed by atoms with Crippen LogP contribution in [-0.2, 0) is 6.67 Å². The third kappa shape index (κ3) is 4.57. The summed E-state index contributed by atoms with van der Waals surface area (Å²) < 4.78 is 24.6. The molecule has 0 aliphatic heterocycles. The van der Waals surface area contributed by atoms with Crippen LogP contribution in [-0.4, -0.2) is 39.4 Å². The van der Waals surface area contributed by atoms with Crippen LogP contribution in [0.3, 0.4) is 0 Å². The lowest BCUT2D eigenvalue weighted by Gasteiger charge is -2.16. The zero-order valence-electron chi connectivity index (χ0n) is 16.7. The van der Waals surface area contributed by atoms with Gasteiger partial charge in [0, 0.05) is 12.6 Å². The molecule has 4 rings (SSSR count). The Morgan fingerprint density at radius 3 is 2.72 bits per heavy atom. The van der Waals surface area contributed by atoms with E-state index >= 15 is 0 Å². The average molecular weight is 413 g/mol. The van der Waals surface area contributed by atoms with Gasteiger partial charge in [0.1, 0.15) is 18.2 Å². The maximum atomic E-state index is 14.4. The molecule has 0 N–H and O–H groups in total. The molecular formula is C22H25FN4OS. The molecule has 2 aromatic carbocycles. The lowest BCUT2D eigenvalue weighted by atomic mass is 10.2. The number of aromatic nitrogens is 3. The van der Waals surface area contributed by atoms with E-state index in [0.717, 1.165) is 25.1 Å². The second-order valence-corrected chi connectivity index (χ2v) is 7.94. The first-order valence-electron chi connectivity index (χ1n) is 9.85. The first-order valence-corrected chi connectivity index (χ1v) is 10.3. The lowest BCUT2D eigenvalue weighted by molar-refractivity contribution is 0.197. The van der Waals surface area contributed by atoms with Crippen molar-refractivity contribution < 1.29 is 9.13 Å². The number of rotatable bonds is 8. The Labute approximate surface area is 175 Å². The molecule has 7 heteroatoms. The fraction of sp³-hybridized carbons (Fsp3) is 0.364. The maximum absolute atomic E-state index is 14.4. The molecule has 0 radical (unpaired) electrons. The average Bonchev–Trinajstić information content (AvgIpc) is 3.47. The molecule has 5 nitrogen and oxygen atoms in total. The van der Waals surface area contributed by atoms with Gasteiger partial charge in [0.25, 0.3) is 0 Å². The molecule has 1 aromatic heterocycles. The van der Waals surface area contributed by atoms with Gasteiger partial charge in [-0.25, -0.2) is 9.07 Å². The molecule has 1 fully saturated rings. The summed E-state index contributed by atoms with van der Waals surface area (Å²) >= 11 is 5.68. The van der Waals surface area contributed by atoms with Crippen LogP contribution in [0.5, 0.6) is 5.75 Å². The topological polar surface area (TPSA) is 35.2 Å². The lowest BCUT2D eigenvalue weighted by Crippen LogP contribution is -2.27. The molecule has 0 amide bonds. The molecule has 29 heavy (non-hydrogen) atoms. The van der Waals surface area contributed by atoms with Crippen molar-refractivity contribution in [1.29, 1.82) is 0 Å². The Morgan fingerprint density at radius 2 is 2.00 bits per heavy atom. The predicted octanol–water partition coefficient (Wildman–Crippen LogP) is 4.83. The smallest absolute Gasteiger partial charge is 0.199 e. The minimum absolute atomic E-state index is 0.276. The van der Waals surface area contributed by atoms with E-state index in [9.17, 15) is 4.39 Å². The van der Waals surface area contributed by atoms with E-state index in [1.807, 2.05) is 48.9 Å². The standard InChI is InChI=1S/C22H25FN4OS/c1-16-6-5-7-18(14-16)28-13-12-25(2)15-26-22(29)27(17-10-11-17)21(24-26)19-8-3-4-9-20(19)23/h3-9,14,17H,10-13,15H2,1-2H3. The van der Waals surface area contributed by atoms with Crippen molar-refractivity contribution in [2.75, 3.05) is 20.2 Å². The van der Waals surface area contributed by atoms with Gasteiger partial charge in [-0.2, -0.15) is 5.10 Å². The van der Waals surface area contributed by atoms with Crippen LogP contribution in [0.25, 0.3) is 11.4 Å². The molecule has 0 atom stereocenters. The molecular weight excluding hydrogens is 387 g/mol. The van der Waals surface area contributed by atoms with Crippen molar-refractivity contribution in [3.8, 4) is 17.1 Å². The van der Waals surface area contributed by atoms with Gasteiger partial charge in [0.05, 0.1) is 12.2 Å². The normalized spacial score (nSPS) is 13.8. The van der Waals surface area contributed by atoms with Crippen molar-refractivity contribution >= 4 is 12.2 Å². The Bertz CT molecular complexity index is 1060. The summed E-state index contributed by atoms with van der Waals surface area (Å²) in [5.41, 5.74) is 1.67. The summed E-state index contributed by atoms with van der Waals surface area (Å²) in [4.78, 5) is 2.10. The highest BCUT2D eigenvalue weighted by atomic mass is 32.1. The summed E-state index contributed by atoms with van der Waals surface area (Å²) in [7, 11) is 2.00. The summed E-state index contributed by atoms with van der Waals surface area (Å²) in [6.45, 7) is 3.86. The van der Waals surface area contributed by atoms with E-state index in [2.05, 4.69) is 10.00 Å². The second kappa shape index (κ2) is 8.47. The molecule has 152 valence electrons. The van der Waals surface area contributed by atoms with Crippen LogP contribution in [0.2, 0.25) is 0 Å². The fourth-order valence-corrected chi connectivity index (χ4v) is 3.66. The van der Waals surface area contributed by atoms with Gasteiger partial charge in [-0.05, 0) is 68.9 Å². The fourth-order valence-electron chi connectivity index (χ4n) is 3.32. The van der Waals surface area contributed by atoms with Crippen LogP contribution in [0.1, 0.15) is 24.4 Å². The maximum Gasteiger partial charge on any atom is 0.199 e. The minimum atomic E-state index is -0.276. The molecule has 1 aliphatic rings. The third-order valence-corrected chi connectivity index (χ3v) is 5.41. The first-order chi connectivity index (χ1) is 14.0. The number of benzene rings is 2. The summed E-state index contributed by atoms with van der Waals surface area (Å²) in [6.07, 6.45) is 2.11.